The third-order valence-electron chi connectivity index (χ3n) is 3.43. The molecule has 0 bridgehead atoms. The normalized spacial score (nSPS) is 14.2. The van der Waals surface area contributed by atoms with E-state index in [-0.39, 0.29) is 5.38 Å². The molecule has 4 heteroatoms. The van der Waals surface area contributed by atoms with Crippen molar-refractivity contribution < 1.29 is 4.74 Å². The Hall–Kier alpha value is -0.110. The molecule has 0 amide bonds. The molecule has 0 spiro atoms. The van der Waals surface area contributed by atoms with E-state index in [9.17, 15) is 0 Å². The third kappa shape index (κ3) is 4.44. The Morgan fingerprint density at radius 2 is 1.84 bits per heavy atom. The molecule has 1 aromatic carbocycles. The van der Waals surface area contributed by atoms with Crippen molar-refractivity contribution in [2.24, 2.45) is 5.92 Å². The molecule has 0 fully saturated rings. The minimum Gasteiger partial charge on any atom is -0.495 e. The van der Waals surface area contributed by atoms with Gasteiger partial charge in [0.2, 0.25) is 0 Å². The van der Waals surface area contributed by atoms with Gasteiger partial charge in [-0.05, 0) is 24.0 Å². The quantitative estimate of drug-likeness (QED) is 0.520. The summed E-state index contributed by atoms with van der Waals surface area (Å²) in [6.45, 7) is 4.35. The van der Waals surface area contributed by atoms with Crippen molar-refractivity contribution in [3.05, 3.63) is 27.7 Å². The molecule has 108 valence electrons. The lowest BCUT2D eigenvalue weighted by Gasteiger charge is -2.22. The monoisotopic (exact) mass is 322 g/mol. The lowest BCUT2D eigenvalue weighted by atomic mass is 9.91. The number of methoxy groups -OCH3 is 1. The minimum atomic E-state index is -0.104. The van der Waals surface area contributed by atoms with Gasteiger partial charge in [0.25, 0.3) is 0 Å². The topological polar surface area (TPSA) is 9.23 Å². The van der Waals surface area contributed by atoms with Crippen LogP contribution in [0.2, 0.25) is 10.0 Å². The van der Waals surface area contributed by atoms with Crippen LogP contribution < -0.4 is 4.74 Å². The van der Waals surface area contributed by atoms with Gasteiger partial charge in [0.05, 0.1) is 17.5 Å². The van der Waals surface area contributed by atoms with Crippen molar-refractivity contribution in [1.29, 1.82) is 0 Å². The van der Waals surface area contributed by atoms with Crippen LogP contribution in [0.4, 0.5) is 0 Å². The predicted molar refractivity (Wildman–Crippen MR) is 84.9 cm³/mol. The second kappa shape index (κ2) is 8.24. The van der Waals surface area contributed by atoms with Crippen molar-refractivity contribution >= 4 is 34.8 Å². The first-order chi connectivity index (χ1) is 9.04. The molecule has 1 aromatic rings. The van der Waals surface area contributed by atoms with Gasteiger partial charge < -0.3 is 4.74 Å². The summed E-state index contributed by atoms with van der Waals surface area (Å²) in [7, 11) is 1.57. The molecule has 2 unspecified atom stereocenters. The molecule has 0 aromatic heterocycles. The van der Waals surface area contributed by atoms with E-state index in [0.29, 0.717) is 21.7 Å². The molecule has 0 radical (unpaired) electrons. The SMILES string of the molecule is CCCCC(CC)C(Cl)c1cc(Cl)c(OC)cc1Cl. The van der Waals surface area contributed by atoms with E-state index in [2.05, 4.69) is 13.8 Å². The van der Waals surface area contributed by atoms with Gasteiger partial charge in [0.1, 0.15) is 5.75 Å². The zero-order valence-corrected chi connectivity index (χ0v) is 13.9. The number of unbranched alkanes of at least 4 members (excludes halogenated alkanes) is 1. The number of ether oxygens (including phenoxy) is 1. The van der Waals surface area contributed by atoms with Crippen LogP contribution in [0.1, 0.15) is 50.5 Å². The molecule has 2 atom stereocenters. The lowest BCUT2D eigenvalue weighted by molar-refractivity contribution is 0.413. The van der Waals surface area contributed by atoms with Gasteiger partial charge in [-0.1, -0.05) is 56.3 Å². The Labute approximate surface area is 131 Å². The fourth-order valence-corrected chi connectivity index (χ4v) is 3.25. The highest BCUT2D eigenvalue weighted by Crippen LogP contribution is 2.41. The molecule has 0 heterocycles. The number of rotatable bonds is 7. The summed E-state index contributed by atoms with van der Waals surface area (Å²) in [5, 5.41) is 1.07. The van der Waals surface area contributed by atoms with Gasteiger partial charge >= 0.3 is 0 Å². The molecule has 1 rings (SSSR count). The Balaban J connectivity index is 2.97. The van der Waals surface area contributed by atoms with Crippen LogP contribution in [0.25, 0.3) is 0 Å². The highest BCUT2D eigenvalue weighted by atomic mass is 35.5. The summed E-state index contributed by atoms with van der Waals surface area (Å²) in [5.74, 6) is 1.00. The molecule has 0 aliphatic rings. The van der Waals surface area contributed by atoms with Crippen LogP contribution >= 0.6 is 34.8 Å². The maximum absolute atomic E-state index is 6.60. The van der Waals surface area contributed by atoms with Gasteiger partial charge in [-0.15, -0.1) is 11.6 Å². The zero-order valence-electron chi connectivity index (χ0n) is 11.7. The van der Waals surface area contributed by atoms with Crippen molar-refractivity contribution in [1.82, 2.24) is 0 Å². The molecule has 0 N–H and O–H groups in total. The fraction of sp³-hybridized carbons (Fsp3) is 0.600. The fourth-order valence-electron chi connectivity index (χ4n) is 2.19. The molecule has 1 nitrogen and oxygen atoms in total. The summed E-state index contributed by atoms with van der Waals surface area (Å²) in [6.07, 6.45) is 4.51. The second-order valence-electron chi connectivity index (χ2n) is 4.72. The molecule has 0 saturated heterocycles. The van der Waals surface area contributed by atoms with E-state index in [0.717, 1.165) is 18.4 Å². The van der Waals surface area contributed by atoms with Crippen LogP contribution in [0, 0.1) is 5.92 Å². The number of hydrogen-bond donors (Lipinski definition) is 0. The average molecular weight is 324 g/mol. The van der Waals surface area contributed by atoms with E-state index in [1.807, 2.05) is 6.07 Å². The van der Waals surface area contributed by atoms with Crippen LogP contribution in [-0.4, -0.2) is 7.11 Å². The van der Waals surface area contributed by atoms with E-state index in [1.165, 1.54) is 12.8 Å². The van der Waals surface area contributed by atoms with E-state index >= 15 is 0 Å². The number of hydrogen-bond acceptors (Lipinski definition) is 1. The largest absolute Gasteiger partial charge is 0.495 e. The first kappa shape index (κ1) is 16.9. The Bertz CT molecular complexity index is 407. The number of halogens is 3. The van der Waals surface area contributed by atoms with Crippen molar-refractivity contribution in [3.63, 3.8) is 0 Å². The zero-order chi connectivity index (χ0) is 14.4. The first-order valence-corrected chi connectivity index (χ1v) is 7.91. The van der Waals surface area contributed by atoms with Gasteiger partial charge in [0, 0.05) is 11.1 Å². The highest BCUT2D eigenvalue weighted by Gasteiger charge is 2.22. The highest BCUT2D eigenvalue weighted by molar-refractivity contribution is 6.35. The van der Waals surface area contributed by atoms with Crippen LogP contribution in [0.15, 0.2) is 12.1 Å². The summed E-state index contributed by atoms with van der Waals surface area (Å²) < 4.78 is 5.15. The summed E-state index contributed by atoms with van der Waals surface area (Å²) in [4.78, 5) is 0. The summed E-state index contributed by atoms with van der Waals surface area (Å²) in [6, 6.07) is 3.57. The van der Waals surface area contributed by atoms with Gasteiger partial charge in [-0.2, -0.15) is 0 Å². The lowest BCUT2D eigenvalue weighted by Crippen LogP contribution is -2.08. The third-order valence-corrected chi connectivity index (χ3v) is 4.65. The maximum atomic E-state index is 6.60. The molecule has 0 aliphatic heterocycles. The van der Waals surface area contributed by atoms with Crippen molar-refractivity contribution in [2.45, 2.75) is 44.9 Å². The number of alkyl halides is 1. The molecular formula is C15H21Cl3O. The van der Waals surface area contributed by atoms with Crippen LogP contribution in [0.3, 0.4) is 0 Å². The molecule has 19 heavy (non-hydrogen) atoms. The summed E-state index contributed by atoms with van der Waals surface area (Å²) >= 11 is 19.0. The molecular weight excluding hydrogens is 303 g/mol. The van der Waals surface area contributed by atoms with E-state index < -0.39 is 0 Å². The Morgan fingerprint density at radius 3 is 2.37 bits per heavy atom. The van der Waals surface area contributed by atoms with Crippen molar-refractivity contribution in [3.8, 4) is 5.75 Å². The summed E-state index contributed by atoms with van der Waals surface area (Å²) in [5.41, 5.74) is 0.900. The average Bonchev–Trinajstić information content (AvgIpc) is 2.41. The maximum Gasteiger partial charge on any atom is 0.138 e. The van der Waals surface area contributed by atoms with E-state index in [1.54, 1.807) is 13.2 Å². The Morgan fingerprint density at radius 1 is 1.16 bits per heavy atom. The second-order valence-corrected chi connectivity index (χ2v) is 6.01. The van der Waals surface area contributed by atoms with E-state index in [4.69, 9.17) is 39.5 Å². The Kier molecular flexibility index (Phi) is 7.35. The first-order valence-electron chi connectivity index (χ1n) is 6.72. The standard InChI is InChI=1S/C15H21Cl3O/c1-4-6-7-10(5-2)15(18)11-8-13(17)14(19-3)9-12(11)16/h8-10,15H,4-7H2,1-3H3. The van der Waals surface area contributed by atoms with Crippen molar-refractivity contribution in [2.75, 3.05) is 7.11 Å². The van der Waals surface area contributed by atoms with Gasteiger partial charge in [0.15, 0.2) is 0 Å². The minimum absolute atomic E-state index is 0.104. The predicted octanol–water partition coefficient (Wildman–Crippen LogP) is 6.50. The van der Waals surface area contributed by atoms with Crippen LogP contribution in [0.5, 0.6) is 5.75 Å². The van der Waals surface area contributed by atoms with Gasteiger partial charge in [-0.25, -0.2) is 0 Å². The molecule has 0 saturated carbocycles. The van der Waals surface area contributed by atoms with Crippen LogP contribution in [-0.2, 0) is 0 Å². The van der Waals surface area contributed by atoms with Gasteiger partial charge in [-0.3, -0.25) is 0 Å². The molecule has 0 aliphatic carbocycles. The smallest absolute Gasteiger partial charge is 0.138 e. The number of benzene rings is 1.